The highest BCUT2D eigenvalue weighted by Crippen LogP contribution is 2.55. The van der Waals surface area contributed by atoms with Crippen molar-refractivity contribution in [3.63, 3.8) is 0 Å². The molecular weight excluding hydrogens is 504 g/mol. The molecule has 9 heteroatoms. The summed E-state index contributed by atoms with van der Waals surface area (Å²) in [7, 11) is 0. The van der Waals surface area contributed by atoms with Gasteiger partial charge >= 0.3 is 0 Å². The summed E-state index contributed by atoms with van der Waals surface area (Å²) in [5, 5.41) is 73.1. The van der Waals surface area contributed by atoms with Crippen LogP contribution in [0.2, 0.25) is 0 Å². The first kappa shape index (κ1) is 24.6. The molecule has 0 radical (unpaired) electrons. The number of hydrogen-bond donors (Lipinski definition) is 7. The zero-order chi connectivity index (χ0) is 27.4. The van der Waals surface area contributed by atoms with Crippen molar-refractivity contribution in [3.05, 3.63) is 94.5 Å². The zero-order valence-electron chi connectivity index (χ0n) is 20.5. The Morgan fingerprint density at radius 1 is 0.564 bits per heavy atom. The van der Waals surface area contributed by atoms with Gasteiger partial charge in [-0.05, 0) is 41.8 Å². The van der Waals surface area contributed by atoms with Gasteiger partial charge in [-0.15, -0.1) is 0 Å². The Balaban J connectivity index is 1.52. The van der Waals surface area contributed by atoms with Gasteiger partial charge in [-0.2, -0.15) is 0 Å². The van der Waals surface area contributed by atoms with Crippen molar-refractivity contribution < 1.29 is 45.2 Å². The first-order valence-corrected chi connectivity index (χ1v) is 12.4. The molecule has 4 aromatic rings. The Hall–Kier alpha value is -4.76. The van der Waals surface area contributed by atoms with E-state index in [9.17, 15) is 35.7 Å². The van der Waals surface area contributed by atoms with Gasteiger partial charge in [-0.3, -0.25) is 0 Å². The van der Waals surface area contributed by atoms with Crippen molar-refractivity contribution in [2.24, 2.45) is 0 Å². The van der Waals surface area contributed by atoms with Crippen LogP contribution < -0.4 is 9.47 Å². The lowest BCUT2D eigenvalue weighted by atomic mass is 9.79. The fraction of sp³-hybridized carbons (Fsp3) is 0.200. The number of phenolic OH excluding ortho intramolecular Hbond substituents is 6. The minimum atomic E-state index is -1.02. The van der Waals surface area contributed by atoms with Crippen LogP contribution in [0.5, 0.6) is 46.0 Å². The SMILES string of the molecule is Oc1ccc([C@H]2Oc3c(c(O)cc(O)c3[C@H]3Cc4c(O)cc(O)cc4O[C@@H]3c3ccc(O)cc3)C[C@H]2O)cc1. The summed E-state index contributed by atoms with van der Waals surface area (Å²) in [6.07, 6.45) is -2.41. The molecule has 0 unspecified atom stereocenters. The van der Waals surface area contributed by atoms with E-state index in [0.717, 1.165) is 0 Å². The molecule has 4 aromatic carbocycles. The summed E-state index contributed by atoms with van der Waals surface area (Å²) in [6, 6.07) is 16.4. The summed E-state index contributed by atoms with van der Waals surface area (Å²) in [5.74, 6) is -0.920. The van der Waals surface area contributed by atoms with E-state index in [1.165, 1.54) is 42.5 Å². The van der Waals surface area contributed by atoms with E-state index in [-0.39, 0.29) is 58.8 Å². The monoisotopic (exact) mass is 530 g/mol. The Kier molecular flexibility index (Phi) is 5.80. The van der Waals surface area contributed by atoms with Gasteiger partial charge in [-0.1, -0.05) is 24.3 Å². The summed E-state index contributed by atoms with van der Waals surface area (Å²) >= 11 is 0. The Bertz CT molecular complexity index is 1550. The summed E-state index contributed by atoms with van der Waals surface area (Å²) in [4.78, 5) is 0. The smallest absolute Gasteiger partial charge is 0.150 e. The largest absolute Gasteiger partial charge is 0.508 e. The molecule has 2 aliphatic rings. The second-order valence-corrected chi connectivity index (χ2v) is 9.92. The molecule has 0 bridgehead atoms. The lowest BCUT2D eigenvalue weighted by Crippen LogP contribution is -2.32. The van der Waals surface area contributed by atoms with Crippen molar-refractivity contribution in [1.82, 2.24) is 0 Å². The number of phenols is 6. The van der Waals surface area contributed by atoms with Gasteiger partial charge in [0.2, 0.25) is 0 Å². The highest BCUT2D eigenvalue weighted by Gasteiger charge is 2.42. The number of aromatic hydroxyl groups is 6. The van der Waals surface area contributed by atoms with Crippen LogP contribution in [0.15, 0.2) is 66.7 Å². The van der Waals surface area contributed by atoms with E-state index >= 15 is 0 Å². The molecule has 200 valence electrons. The van der Waals surface area contributed by atoms with Gasteiger partial charge in [0.05, 0.1) is 6.10 Å². The molecule has 0 fully saturated rings. The molecule has 2 heterocycles. The molecule has 4 atom stereocenters. The van der Waals surface area contributed by atoms with Crippen molar-refractivity contribution >= 4 is 0 Å². The molecule has 39 heavy (non-hydrogen) atoms. The Morgan fingerprint density at radius 2 is 1.15 bits per heavy atom. The second-order valence-electron chi connectivity index (χ2n) is 9.92. The molecule has 0 saturated carbocycles. The minimum absolute atomic E-state index is 0.0349. The standard InChI is InChI=1S/C30H26O9/c31-16-5-1-14(2-6-16)28-21(11-19-22(34)9-18(33)10-26(19)38-28)27-24(36)13-23(35)20-12-25(37)29(39-30(20)27)15-3-7-17(32)8-4-15/h1-10,13,21,25,28-29,31-37H,11-12H2/t21-,25-,28-,29-/m1/s1. The highest BCUT2D eigenvalue weighted by molar-refractivity contribution is 5.62. The topological polar surface area (TPSA) is 160 Å². The highest BCUT2D eigenvalue weighted by atomic mass is 16.5. The first-order valence-electron chi connectivity index (χ1n) is 12.4. The number of rotatable bonds is 3. The Morgan fingerprint density at radius 3 is 1.79 bits per heavy atom. The van der Waals surface area contributed by atoms with Crippen LogP contribution in [0.3, 0.4) is 0 Å². The quantitative estimate of drug-likeness (QED) is 0.203. The molecule has 0 amide bonds. The second kappa shape index (κ2) is 9.21. The summed E-state index contributed by atoms with van der Waals surface area (Å²) in [6.45, 7) is 0. The van der Waals surface area contributed by atoms with Crippen LogP contribution in [0, 0.1) is 0 Å². The fourth-order valence-electron chi connectivity index (χ4n) is 5.55. The predicted octanol–water partition coefficient (Wildman–Crippen LogP) is 4.42. The summed E-state index contributed by atoms with van der Waals surface area (Å²) < 4.78 is 12.6. The van der Waals surface area contributed by atoms with E-state index in [0.29, 0.717) is 27.8 Å². The Labute approximate surface area is 223 Å². The molecule has 7 N–H and O–H groups in total. The molecular formula is C30H26O9. The van der Waals surface area contributed by atoms with Crippen LogP contribution in [0.1, 0.15) is 45.9 Å². The molecule has 0 spiro atoms. The van der Waals surface area contributed by atoms with Gasteiger partial charge in [-0.25, -0.2) is 0 Å². The molecule has 2 aliphatic heterocycles. The number of fused-ring (bicyclic) bond motifs is 2. The average Bonchev–Trinajstić information content (AvgIpc) is 2.90. The van der Waals surface area contributed by atoms with Gasteiger partial charge < -0.3 is 45.2 Å². The van der Waals surface area contributed by atoms with Crippen molar-refractivity contribution in [2.75, 3.05) is 0 Å². The van der Waals surface area contributed by atoms with Crippen molar-refractivity contribution in [2.45, 2.75) is 37.1 Å². The molecule has 0 aliphatic carbocycles. The van der Waals surface area contributed by atoms with Crippen LogP contribution in [0.4, 0.5) is 0 Å². The van der Waals surface area contributed by atoms with Crippen LogP contribution in [-0.2, 0) is 12.8 Å². The zero-order valence-corrected chi connectivity index (χ0v) is 20.5. The maximum absolute atomic E-state index is 11.2. The molecule has 0 saturated heterocycles. The third-order valence-electron chi connectivity index (χ3n) is 7.41. The number of ether oxygens (including phenoxy) is 2. The number of hydrogen-bond acceptors (Lipinski definition) is 9. The maximum atomic E-state index is 11.2. The molecule has 6 rings (SSSR count). The first-order chi connectivity index (χ1) is 18.7. The molecule has 0 aromatic heterocycles. The third kappa shape index (κ3) is 4.26. The molecule has 9 nitrogen and oxygen atoms in total. The summed E-state index contributed by atoms with van der Waals surface area (Å²) in [5.41, 5.74) is 2.29. The van der Waals surface area contributed by atoms with E-state index in [4.69, 9.17) is 9.47 Å². The van der Waals surface area contributed by atoms with Gasteiger partial charge in [0.25, 0.3) is 0 Å². The lowest BCUT2D eigenvalue weighted by molar-refractivity contribution is 0.0178. The van der Waals surface area contributed by atoms with Crippen LogP contribution in [-0.4, -0.2) is 41.8 Å². The normalized spacial score (nSPS) is 21.8. The van der Waals surface area contributed by atoms with Crippen molar-refractivity contribution in [3.8, 4) is 46.0 Å². The van der Waals surface area contributed by atoms with Gasteiger partial charge in [0.1, 0.15) is 58.2 Å². The van der Waals surface area contributed by atoms with E-state index in [2.05, 4.69) is 0 Å². The number of aliphatic hydroxyl groups excluding tert-OH is 1. The lowest BCUT2D eigenvalue weighted by Gasteiger charge is -2.38. The predicted molar refractivity (Wildman–Crippen MR) is 139 cm³/mol. The van der Waals surface area contributed by atoms with Crippen molar-refractivity contribution in [1.29, 1.82) is 0 Å². The van der Waals surface area contributed by atoms with Gasteiger partial charge in [0.15, 0.2) is 0 Å². The number of aliphatic hydroxyl groups is 1. The average molecular weight is 531 g/mol. The van der Waals surface area contributed by atoms with E-state index in [1.54, 1.807) is 24.3 Å². The van der Waals surface area contributed by atoms with E-state index < -0.39 is 24.2 Å². The third-order valence-corrected chi connectivity index (χ3v) is 7.41. The van der Waals surface area contributed by atoms with Gasteiger partial charge in [0, 0.05) is 47.2 Å². The van der Waals surface area contributed by atoms with E-state index in [1.807, 2.05) is 0 Å². The number of benzene rings is 4. The van der Waals surface area contributed by atoms with Crippen LogP contribution in [0.25, 0.3) is 0 Å². The minimum Gasteiger partial charge on any atom is -0.508 e. The fourth-order valence-corrected chi connectivity index (χ4v) is 5.55. The van der Waals surface area contributed by atoms with Crippen LogP contribution >= 0.6 is 0 Å². The maximum Gasteiger partial charge on any atom is 0.150 e.